The van der Waals surface area contributed by atoms with E-state index in [-0.39, 0.29) is 29.4 Å². The number of thioether (sulfide) groups is 1. The predicted molar refractivity (Wildman–Crippen MR) is 83.6 cm³/mol. The number of amides is 3. The van der Waals surface area contributed by atoms with Crippen LogP contribution < -0.4 is 5.32 Å². The third-order valence-electron chi connectivity index (χ3n) is 3.76. The molecule has 0 unspecified atom stereocenters. The quantitative estimate of drug-likeness (QED) is 0.897. The topological polar surface area (TPSA) is 69.7 Å². The van der Waals surface area contributed by atoms with Crippen LogP contribution in [0.25, 0.3) is 0 Å². The average Bonchev–Trinajstić information content (AvgIpc) is 2.87. The molecular weight excluding hydrogens is 302 g/mol. The van der Waals surface area contributed by atoms with Crippen molar-refractivity contribution in [2.45, 2.75) is 6.54 Å². The first-order chi connectivity index (χ1) is 10.6. The highest BCUT2D eigenvalue weighted by Crippen LogP contribution is 2.21. The lowest BCUT2D eigenvalue weighted by atomic mass is 10.1. The average molecular weight is 319 g/mol. The highest BCUT2D eigenvalue weighted by Gasteiger charge is 2.30. The van der Waals surface area contributed by atoms with Gasteiger partial charge in [0.05, 0.1) is 12.3 Å². The number of hydrogen-bond donors (Lipinski definition) is 1. The van der Waals surface area contributed by atoms with Crippen molar-refractivity contribution in [3.05, 3.63) is 35.4 Å². The lowest BCUT2D eigenvalue weighted by Crippen LogP contribution is -2.46. The summed E-state index contributed by atoms with van der Waals surface area (Å²) in [7, 11) is 0. The molecule has 2 saturated heterocycles. The van der Waals surface area contributed by atoms with Crippen molar-refractivity contribution < 1.29 is 14.4 Å². The van der Waals surface area contributed by atoms with Crippen LogP contribution in [0.4, 0.5) is 4.79 Å². The SMILES string of the molecule is O=C(c1cccc(CN2C(=O)CSC2=O)c1)N1CCNCC1. The molecule has 2 aliphatic heterocycles. The molecule has 6 nitrogen and oxygen atoms in total. The fourth-order valence-corrected chi connectivity index (χ4v) is 3.29. The van der Waals surface area contributed by atoms with Gasteiger partial charge < -0.3 is 10.2 Å². The van der Waals surface area contributed by atoms with E-state index in [1.165, 1.54) is 4.90 Å². The van der Waals surface area contributed by atoms with E-state index >= 15 is 0 Å². The van der Waals surface area contributed by atoms with Crippen LogP contribution in [-0.2, 0) is 11.3 Å². The van der Waals surface area contributed by atoms with Crippen molar-refractivity contribution >= 4 is 28.8 Å². The summed E-state index contributed by atoms with van der Waals surface area (Å²) < 4.78 is 0. The van der Waals surface area contributed by atoms with Crippen LogP contribution in [0.2, 0.25) is 0 Å². The van der Waals surface area contributed by atoms with Gasteiger partial charge in [-0.05, 0) is 17.7 Å². The van der Waals surface area contributed by atoms with Crippen LogP contribution in [0.3, 0.4) is 0 Å². The Kier molecular flexibility index (Phi) is 4.44. The van der Waals surface area contributed by atoms with Gasteiger partial charge in [0.2, 0.25) is 5.91 Å². The number of carbonyl (C=O) groups is 3. The molecule has 2 aliphatic rings. The molecule has 3 rings (SSSR count). The third kappa shape index (κ3) is 3.15. The molecule has 7 heteroatoms. The molecule has 2 heterocycles. The summed E-state index contributed by atoms with van der Waals surface area (Å²) in [5.41, 5.74) is 1.40. The van der Waals surface area contributed by atoms with Crippen molar-refractivity contribution in [3.63, 3.8) is 0 Å². The van der Waals surface area contributed by atoms with E-state index in [1.54, 1.807) is 18.2 Å². The molecular formula is C15H17N3O3S. The number of benzene rings is 1. The Balaban J connectivity index is 1.73. The normalized spacial score (nSPS) is 18.9. The van der Waals surface area contributed by atoms with E-state index in [0.717, 1.165) is 30.4 Å². The largest absolute Gasteiger partial charge is 0.336 e. The molecule has 116 valence electrons. The molecule has 0 bridgehead atoms. The van der Waals surface area contributed by atoms with Crippen molar-refractivity contribution in [1.82, 2.24) is 15.1 Å². The van der Waals surface area contributed by atoms with Gasteiger partial charge >= 0.3 is 0 Å². The Morgan fingerprint density at radius 2 is 2.00 bits per heavy atom. The second-order valence-electron chi connectivity index (χ2n) is 5.28. The Bertz CT molecular complexity index is 598. The maximum Gasteiger partial charge on any atom is 0.289 e. The van der Waals surface area contributed by atoms with Gasteiger partial charge in [0.1, 0.15) is 0 Å². The van der Waals surface area contributed by atoms with E-state index in [4.69, 9.17) is 0 Å². The molecule has 0 aromatic heterocycles. The molecule has 0 aliphatic carbocycles. The van der Waals surface area contributed by atoms with Gasteiger partial charge in [-0.15, -0.1) is 0 Å². The van der Waals surface area contributed by atoms with E-state index in [0.29, 0.717) is 18.7 Å². The van der Waals surface area contributed by atoms with E-state index in [2.05, 4.69) is 5.32 Å². The molecule has 0 spiro atoms. The minimum Gasteiger partial charge on any atom is -0.336 e. The monoisotopic (exact) mass is 319 g/mol. The van der Waals surface area contributed by atoms with Crippen molar-refractivity contribution in [3.8, 4) is 0 Å². The minimum atomic E-state index is -0.219. The second kappa shape index (κ2) is 6.50. The Hall–Kier alpha value is -1.86. The lowest BCUT2D eigenvalue weighted by molar-refractivity contribution is -0.125. The van der Waals surface area contributed by atoms with Crippen molar-refractivity contribution in [2.75, 3.05) is 31.9 Å². The zero-order chi connectivity index (χ0) is 15.5. The van der Waals surface area contributed by atoms with Crippen LogP contribution in [-0.4, -0.2) is 58.8 Å². The first-order valence-corrected chi connectivity index (χ1v) is 8.20. The van der Waals surface area contributed by atoms with Gasteiger partial charge in [-0.1, -0.05) is 23.9 Å². The smallest absolute Gasteiger partial charge is 0.289 e. The summed E-state index contributed by atoms with van der Waals surface area (Å²) in [4.78, 5) is 38.8. The molecule has 2 fully saturated rings. The standard InChI is InChI=1S/C15H17N3O3S/c19-13-10-22-15(21)18(13)9-11-2-1-3-12(8-11)14(20)17-6-4-16-5-7-17/h1-3,8,16H,4-7,9-10H2. The highest BCUT2D eigenvalue weighted by molar-refractivity contribution is 8.14. The summed E-state index contributed by atoms with van der Waals surface area (Å²) in [6.45, 7) is 3.23. The number of nitrogens with zero attached hydrogens (tertiary/aromatic N) is 2. The Morgan fingerprint density at radius 1 is 1.23 bits per heavy atom. The van der Waals surface area contributed by atoms with Crippen molar-refractivity contribution in [2.24, 2.45) is 0 Å². The summed E-state index contributed by atoms with van der Waals surface area (Å²) in [5, 5.41) is 2.99. The Labute approximate surface area is 132 Å². The first-order valence-electron chi connectivity index (χ1n) is 7.21. The highest BCUT2D eigenvalue weighted by atomic mass is 32.2. The number of carbonyl (C=O) groups excluding carboxylic acids is 3. The first kappa shape index (κ1) is 15.1. The molecule has 0 radical (unpaired) electrons. The number of rotatable bonds is 3. The van der Waals surface area contributed by atoms with Crippen LogP contribution in [0.15, 0.2) is 24.3 Å². The number of imide groups is 1. The minimum absolute atomic E-state index is 0.00296. The Morgan fingerprint density at radius 3 is 2.68 bits per heavy atom. The van der Waals surface area contributed by atoms with Gasteiger partial charge in [-0.25, -0.2) is 0 Å². The maximum absolute atomic E-state index is 12.5. The van der Waals surface area contributed by atoms with E-state index in [1.807, 2.05) is 11.0 Å². The molecule has 1 N–H and O–H groups in total. The molecule has 0 atom stereocenters. The van der Waals surface area contributed by atoms with Gasteiger partial charge in [0.15, 0.2) is 0 Å². The summed E-state index contributed by atoms with van der Waals surface area (Å²) >= 11 is 1.02. The van der Waals surface area contributed by atoms with Gasteiger partial charge in [0, 0.05) is 31.7 Å². The molecule has 1 aromatic rings. The zero-order valence-corrected chi connectivity index (χ0v) is 12.9. The fraction of sp³-hybridized carbons (Fsp3) is 0.400. The lowest BCUT2D eigenvalue weighted by Gasteiger charge is -2.27. The van der Waals surface area contributed by atoms with Crippen LogP contribution in [0.5, 0.6) is 0 Å². The number of piperazine rings is 1. The zero-order valence-electron chi connectivity index (χ0n) is 12.1. The summed E-state index contributed by atoms with van der Waals surface area (Å²) in [6, 6.07) is 7.17. The molecule has 1 aromatic carbocycles. The van der Waals surface area contributed by atoms with Gasteiger partial charge in [-0.3, -0.25) is 19.3 Å². The van der Waals surface area contributed by atoms with Crippen LogP contribution in [0.1, 0.15) is 15.9 Å². The van der Waals surface area contributed by atoms with Gasteiger partial charge in [-0.2, -0.15) is 0 Å². The third-order valence-corrected chi connectivity index (χ3v) is 4.62. The van der Waals surface area contributed by atoms with Crippen LogP contribution in [0, 0.1) is 0 Å². The number of hydrogen-bond acceptors (Lipinski definition) is 5. The van der Waals surface area contributed by atoms with Gasteiger partial charge in [0.25, 0.3) is 11.1 Å². The molecule has 0 saturated carbocycles. The summed E-state index contributed by atoms with van der Waals surface area (Å²) in [5.74, 6) is 0.0312. The van der Waals surface area contributed by atoms with Crippen LogP contribution >= 0.6 is 11.8 Å². The van der Waals surface area contributed by atoms with E-state index < -0.39 is 0 Å². The fourth-order valence-electron chi connectivity index (χ4n) is 2.57. The predicted octanol–water partition coefficient (Wildman–Crippen LogP) is 0.927. The second-order valence-corrected chi connectivity index (χ2v) is 6.20. The number of nitrogens with one attached hydrogen (secondary N) is 1. The maximum atomic E-state index is 12.5. The van der Waals surface area contributed by atoms with Crippen molar-refractivity contribution in [1.29, 1.82) is 0 Å². The molecule has 22 heavy (non-hydrogen) atoms. The van der Waals surface area contributed by atoms with E-state index in [9.17, 15) is 14.4 Å². The summed E-state index contributed by atoms with van der Waals surface area (Å²) in [6.07, 6.45) is 0. The molecule has 3 amide bonds.